The van der Waals surface area contributed by atoms with Crippen molar-refractivity contribution < 1.29 is 14.5 Å². The molecule has 0 aliphatic rings. The third-order valence-corrected chi connectivity index (χ3v) is 3.35. The van der Waals surface area contributed by atoms with Crippen LogP contribution in [0.2, 0.25) is 5.02 Å². The van der Waals surface area contributed by atoms with Gasteiger partial charge in [-0.2, -0.15) is 5.10 Å². The van der Waals surface area contributed by atoms with E-state index in [1.165, 1.54) is 30.5 Å². The number of carbonyl (C=O) groups is 2. The van der Waals surface area contributed by atoms with Gasteiger partial charge in [-0.05, 0) is 24.6 Å². The smallest absolute Gasteiger partial charge is 0.317 e. The second kappa shape index (κ2) is 8.02. The molecule has 2 aromatic carbocycles. The molecule has 8 nitrogen and oxygen atoms in total. The SMILES string of the molecule is Cc1ccc(Cl)cc1NC(=O)C(=O)N/N=C\c1cccc([N+](=O)[O-])c1. The zero-order chi connectivity index (χ0) is 18.4. The largest absolute Gasteiger partial charge is 0.329 e. The zero-order valence-electron chi connectivity index (χ0n) is 13.0. The van der Waals surface area contributed by atoms with Crippen LogP contribution >= 0.6 is 11.6 Å². The highest BCUT2D eigenvalue weighted by atomic mass is 35.5. The van der Waals surface area contributed by atoms with E-state index in [2.05, 4.69) is 10.4 Å². The number of amides is 2. The van der Waals surface area contributed by atoms with E-state index in [0.717, 1.165) is 5.56 Å². The molecule has 0 saturated heterocycles. The summed E-state index contributed by atoms with van der Waals surface area (Å²) in [6.07, 6.45) is 1.20. The number of carbonyl (C=O) groups excluding carboxylic acids is 2. The number of nitrogens with zero attached hydrogens (tertiary/aromatic N) is 2. The fourth-order valence-electron chi connectivity index (χ4n) is 1.84. The van der Waals surface area contributed by atoms with E-state index >= 15 is 0 Å². The minimum atomic E-state index is -0.985. The van der Waals surface area contributed by atoms with Crippen LogP contribution in [-0.4, -0.2) is 23.0 Å². The number of hydrogen-bond donors (Lipinski definition) is 2. The van der Waals surface area contributed by atoms with Gasteiger partial charge in [-0.1, -0.05) is 29.8 Å². The molecule has 25 heavy (non-hydrogen) atoms. The molecule has 9 heteroatoms. The first kappa shape index (κ1) is 18.1. The van der Waals surface area contributed by atoms with E-state index in [9.17, 15) is 19.7 Å². The predicted octanol–water partition coefficient (Wildman–Crippen LogP) is 2.65. The van der Waals surface area contributed by atoms with Gasteiger partial charge in [0.2, 0.25) is 0 Å². The normalized spacial score (nSPS) is 10.5. The number of anilines is 1. The zero-order valence-corrected chi connectivity index (χ0v) is 13.8. The number of non-ortho nitro benzene ring substituents is 1. The first-order valence-corrected chi connectivity index (χ1v) is 7.39. The lowest BCUT2D eigenvalue weighted by Crippen LogP contribution is -2.32. The summed E-state index contributed by atoms with van der Waals surface area (Å²) in [5.74, 6) is -1.90. The van der Waals surface area contributed by atoms with Gasteiger partial charge in [-0.25, -0.2) is 5.43 Å². The summed E-state index contributed by atoms with van der Waals surface area (Å²) in [4.78, 5) is 33.7. The van der Waals surface area contributed by atoms with Gasteiger partial charge in [-0.15, -0.1) is 0 Å². The number of nitro benzene ring substituents is 1. The third kappa shape index (κ3) is 5.11. The van der Waals surface area contributed by atoms with Crippen LogP contribution in [0, 0.1) is 17.0 Å². The molecule has 0 spiro atoms. The molecule has 0 fully saturated rings. The maximum Gasteiger partial charge on any atom is 0.329 e. The van der Waals surface area contributed by atoms with E-state index in [1.54, 1.807) is 25.1 Å². The lowest BCUT2D eigenvalue weighted by molar-refractivity contribution is -0.384. The van der Waals surface area contributed by atoms with Gasteiger partial charge in [-0.3, -0.25) is 19.7 Å². The highest BCUT2D eigenvalue weighted by Crippen LogP contribution is 2.19. The topological polar surface area (TPSA) is 114 Å². The molecular weight excluding hydrogens is 348 g/mol. The average molecular weight is 361 g/mol. The minimum absolute atomic E-state index is 0.107. The summed E-state index contributed by atoms with van der Waals surface area (Å²) in [6.45, 7) is 1.75. The Balaban J connectivity index is 1.97. The van der Waals surface area contributed by atoms with E-state index in [4.69, 9.17) is 11.6 Å². The van der Waals surface area contributed by atoms with E-state index in [-0.39, 0.29) is 5.69 Å². The van der Waals surface area contributed by atoms with Crippen molar-refractivity contribution >= 4 is 41.0 Å². The number of benzene rings is 2. The maximum atomic E-state index is 11.8. The van der Waals surface area contributed by atoms with E-state index < -0.39 is 16.7 Å². The maximum absolute atomic E-state index is 11.8. The van der Waals surface area contributed by atoms with Crippen LogP contribution in [0.15, 0.2) is 47.6 Å². The number of hydrogen-bond acceptors (Lipinski definition) is 5. The van der Waals surface area contributed by atoms with Crippen molar-refractivity contribution in [2.24, 2.45) is 5.10 Å². The van der Waals surface area contributed by atoms with E-state index in [1.807, 2.05) is 5.43 Å². The standard InChI is InChI=1S/C16H13ClN4O4/c1-10-5-6-12(17)8-14(10)19-15(22)16(23)20-18-9-11-3-2-4-13(7-11)21(24)25/h2-9H,1H3,(H,19,22)(H,20,23)/b18-9-. The van der Waals surface area contributed by atoms with Crippen molar-refractivity contribution in [3.05, 3.63) is 68.7 Å². The molecule has 0 aliphatic carbocycles. The molecule has 0 bridgehead atoms. The van der Waals surface area contributed by atoms with Gasteiger partial charge < -0.3 is 5.32 Å². The molecule has 2 aromatic rings. The van der Waals surface area contributed by atoms with Crippen LogP contribution < -0.4 is 10.7 Å². The van der Waals surface area contributed by atoms with Crippen LogP contribution in [-0.2, 0) is 9.59 Å². The molecule has 2 N–H and O–H groups in total. The average Bonchev–Trinajstić information content (AvgIpc) is 2.58. The van der Waals surface area contributed by atoms with Crippen LogP contribution in [0.4, 0.5) is 11.4 Å². The van der Waals surface area contributed by atoms with Crippen molar-refractivity contribution in [1.82, 2.24) is 5.43 Å². The second-order valence-electron chi connectivity index (χ2n) is 4.96. The second-order valence-corrected chi connectivity index (χ2v) is 5.40. The molecule has 0 saturated carbocycles. The number of aryl methyl sites for hydroxylation is 1. The number of nitrogens with one attached hydrogen (secondary N) is 2. The van der Waals surface area contributed by atoms with Crippen LogP contribution in [0.25, 0.3) is 0 Å². The third-order valence-electron chi connectivity index (χ3n) is 3.11. The Morgan fingerprint density at radius 3 is 2.68 bits per heavy atom. The summed E-state index contributed by atoms with van der Waals surface area (Å²) >= 11 is 5.84. The quantitative estimate of drug-likeness (QED) is 0.377. The van der Waals surface area contributed by atoms with Crippen molar-refractivity contribution in [2.45, 2.75) is 6.92 Å². The summed E-state index contributed by atoms with van der Waals surface area (Å²) < 4.78 is 0. The number of hydrazone groups is 1. The highest BCUT2D eigenvalue weighted by molar-refractivity contribution is 6.40. The number of halogens is 1. The van der Waals surface area contributed by atoms with Crippen LogP contribution in [0.3, 0.4) is 0 Å². The fourth-order valence-corrected chi connectivity index (χ4v) is 2.01. The van der Waals surface area contributed by atoms with Crippen LogP contribution in [0.5, 0.6) is 0 Å². The predicted molar refractivity (Wildman–Crippen MR) is 93.7 cm³/mol. The minimum Gasteiger partial charge on any atom is -0.317 e. The molecule has 2 amide bonds. The summed E-state index contributed by atoms with van der Waals surface area (Å²) in [5, 5.41) is 17.1. The lowest BCUT2D eigenvalue weighted by Gasteiger charge is -2.07. The van der Waals surface area contributed by atoms with Gasteiger partial charge in [0, 0.05) is 28.4 Å². The molecule has 2 rings (SSSR count). The monoisotopic (exact) mass is 360 g/mol. The Hall–Kier alpha value is -3.26. The summed E-state index contributed by atoms with van der Waals surface area (Å²) in [5.41, 5.74) is 3.50. The Morgan fingerprint density at radius 1 is 1.20 bits per heavy atom. The molecule has 0 atom stereocenters. The van der Waals surface area contributed by atoms with Crippen molar-refractivity contribution in [3.8, 4) is 0 Å². The van der Waals surface area contributed by atoms with Crippen molar-refractivity contribution in [3.63, 3.8) is 0 Å². The molecular formula is C16H13ClN4O4. The van der Waals surface area contributed by atoms with E-state index in [0.29, 0.717) is 16.3 Å². The van der Waals surface area contributed by atoms with Gasteiger partial charge in [0.25, 0.3) is 5.69 Å². The first-order valence-electron chi connectivity index (χ1n) is 7.02. The van der Waals surface area contributed by atoms with Gasteiger partial charge >= 0.3 is 11.8 Å². The number of rotatable bonds is 4. The summed E-state index contributed by atoms with van der Waals surface area (Å²) in [6, 6.07) is 10.6. The fraction of sp³-hybridized carbons (Fsp3) is 0.0625. The molecule has 128 valence electrons. The van der Waals surface area contributed by atoms with Gasteiger partial charge in [0.15, 0.2) is 0 Å². The Kier molecular flexibility index (Phi) is 5.80. The molecule has 0 aliphatic heterocycles. The Morgan fingerprint density at radius 2 is 1.96 bits per heavy atom. The van der Waals surface area contributed by atoms with Crippen molar-refractivity contribution in [2.75, 3.05) is 5.32 Å². The lowest BCUT2D eigenvalue weighted by atomic mass is 10.2. The molecule has 0 heterocycles. The Labute approximate surface area is 147 Å². The van der Waals surface area contributed by atoms with Gasteiger partial charge in [0.05, 0.1) is 11.1 Å². The number of nitro groups is 1. The molecule has 0 aromatic heterocycles. The first-order chi connectivity index (χ1) is 11.9. The highest BCUT2D eigenvalue weighted by Gasteiger charge is 2.14. The summed E-state index contributed by atoms with van der Waals surface area (Å²) in [7, 11) is 0. The van der Waals surface area contributed by atoms with Gasteiger partial charge in [0.1, 0.15) is 0 Å². The van der Waals surface area contributed by atoms with Crippen LogP contribution in [0.1, 0.15) is 11.1 Å². The Bertz CT molecular complexity index is 867. The van der Waals surface area contributed by atoms with Crippen molar-refractivity contribution in [1.29, 1.82) is 0 Å². The molecule has 0 radical (unpaired) electrons. The molecule has 0 unspecified atom stereocenters.